The van der Waals surface area contributed by atoms with Crippen LogP contribution < -0.4 is 5.32 Å². The molecule has 7 nitrogen and oxygen atoms in total. The molecule has 7 heteroatoms. The Bertz CT molecular complexity index is 288. The molecule has 2 saturated heterocycles. The van der Waals surface area contributed by atoms with Gasteiger partial charge >= 0.3 is 17.8 Å². The number of ether oxygens (including phenoxy) is 1. The third kappa shape index (κ3) is 2.07. The summed E-state index contributed by atoms with van der Waals surface area (Å²) in [5.41, 5.74) is 0. The van der Waals surface area contributed by atoms with E-state index in [1.165, 1.54) is 0 Å². The van der Waals surface area contributed by atoms with Gasteiger partial charge in [-0.05, 0) is 0 Å². The number of fused-ring (bicyclic) bond motifs is 2. The number of amides is 1. The fraction of sp³-hybridized carbons (Fsp3) is 0.625. The molecule has 2 heterocycles. The Morgan fingerprint density at radius 1 is 1.20 bits per heavy atom. The third-order valence-corrected chi connectivity index (χ3v) is 2.11. The van der Waals surface area contributed by atoms with E-state index in [1.807, 2.05) is 0 Å². The van der Waals surface area contributed by atoms with Crippen molar-refractivity contribution in [1.29, 1.82) is 0 Å². The van der Waals surface area contributed by atoms with Crippen LogP contribution in [0.4, 0.5) is 0 Å². The van der Waals surface area contributed by atoms with Gasteiger partial charge in [-0.25, -0.2) is 4.79 Å². The van der Waals surface area contributed by atoms with E-state index in [4.69, 9.17) is 9.57 Å². The highest BCUT2D eigenvalue weighted by Gasteiger charge is 2.35. The van der Waals surface area contributed by atoms with Gasteiger partial charge < -0.3 is 9.57 Å². The molecular weight excluding hydrogens is 204 g/mol. The van der Waals surface area contributed by atoms with E-state index in [-0.39, 0.29) is 19.4 Å². The third-order valence-electron chi connectivity index (χ3n) is 2.11. The predicted octanol–water partition coefficient (Wildman–Crippen LogP) is -1.46. The molecule has 2 rings (SSSR count). The van der Waals surface area contributed by atoms with Crippen LogP contribution in [0.5, 0.6) is 0 Å². The topological polar surface area (TPSA) is 84.9 Å². The second-order valence-corrected chi connectivity index (χ2v) is 3.23. The van der Waals surface area contributed by atoms with Crippen molar-refractivity contribution in [2.45, 2.75) is 19.1 Å². The number of hydrogen-bond donors (Lipinski definition) is 1. The molecule has 0 spiro atoms. The summed E-state index contributed by atoms with van der Waals surface area (Å²) >= 11 is 0. The average molecular weight is 214 g/mol. The smallest absolute Gasteiger partial charge is 0.333 e. The monoisotopic (exact) mass is 214 g/mol. The minimum Gasteiger partial charge on any atom is -0.437 e. The second-order valence-electron chi connectivity index (χ2n) is 3.23. The van der Waals surface area contributed by atoms with Gasteiger partial charge in [0, 0.05) is 6.54 Å². The predicted molar refractivity (Wildman–Crippen MR) is 44.9 cm³/mol. The van der Waals surface area contributed by atoms with Gasteiger partial charge in [-0.2, -0.15) is 5.06 Å². The van der Waals surface area contributed by atoms with E-state index < -0.39 is 24.1 Å². The lowest BCUT2D eigenvalue weighted by molar-refractivity contribution is -0.208. The minimum absolute atomic E-state index is 0.0713. The summed E-state index contributed by atoms with van der Waals surface area (Å²) in [6, 6.07) is 0. The van der Waals surface area contributed by atoms with Crippen LogP contribution >= 0.6 is 0 Å². The second kappa shape index (κ2) is 3.85. The largest absolute Gasteiger partial charge is 0.437 e. The summed E-state index contributed by atoms with van der Waals surface area (Å²) in [6.45, 7) is 0.676. The number of hydroxylamine groups is 2. The van der Waals surface area contributed by atoms with Crippen LogP contribution in [-0.2, 0) is 24.0 Å². The standard InChI is InChI=1S/C8H10N2O5/c11-5-1-2-6(12)15-10-4-3-9-7(14-5)8(10)13/h7,9H,1-4H2. The number of carbonyl (C=O) groups excluding carboxylic acids is 3. The normalized spacial score (nSPS) is 27.3. The van der Waals surface area contributed by atoms with Crippen LogP contribution in [0.2, 0.25) is 0 Å². The lowest BCUT2D eigenvalue weighted by Gasteiger charge is -2.29. The van der Waals surface area contributed by atoms with Gasteiger partial charge in [0.25, 0.3) is 0 Å². The molecule has 2 bridgehead atoms. The fourth-order valence-electron chi connectivity index (χ4n) is 1.37. The zero-order valence-corrected chi connectivity index (χ0v) is 7.89. The van der Waals surface area contributed by atoms with Crippen molar-refractivity contribution in [2.24, 2.45) is 0 Å². The van der Waals surface area contributed by atoms with Gasteiger partial charge in [0.05, 0.1) is 19.4 Å². The lowest BCUT2D eigenvalue weighted by Crippen LogP contribution is -2.56. The summed E-state index contributed by atoms with van der Waals surface area (Å²) < 4.78 is 4.83. The highest BCUT2D eigenvalue weighted by molar-refractivity contribution is 5.87. The Morgan fingerprint density at radius 2 is 1.93 bits per heavy atom. The van der Waals surface area contributed by atoms with Crippen LogP contribution in [0.15, 0.2) is 0 Å². The van der Waals surface area contributed by atoms with Gasteiger partial charge in [-0.15, -0.1) is 0 Å². The molecule has 0 aliphatic carbocycles. The van der Waals surface area contributed by atoms with Crippen LogP contribution in [-0.4, -0.2) is 42.2 Å². The summed E-state index contributed by atoms with van der Waals surface area (Å²) in [5, 5.41) is 3.65. The van der Waals surface area contributed by atoms with E-state index in [0.717, 1.165) is 5.06 Å². The Labute approximate surface area is 85.3 Å². The zero-order chi connectivity index (χ0) is 10.8. The molecule has 1 atom stereocenters. The van der Waals surface area contributed by atoms with Gasteiger partial charge in [0.15, 0.2) is 0 Å². The first-order valence-electron chi connectivity index (χ1n) is 4.62. The van der Waals surface area contributed by atoms with Crippen molar-refractivity contribution in [3.63, 3.8) is 0 Å². The maximum absolute atomic E-state index is 11.5. The van der Waals surface area contributed by atoms with E-state index >= 15 is 0 Å². The van der Waals surface area contributed by atoms with Crippen molar-refractivity contribution in [3.8, 4) is 0 Å². The number of esters is 1. The Balaban J connectivity index is 2.18. The average Bonchev–Trinajstić information content (AvgIpc) is 2.24. The molecule has 0 aromatic rings. The van der Waals surface area contributed by atoms with Gasteiger partial charge in [-0.3, -0.25) is 14.9 Å². The summed E-state index contributed by atoms with van der Waals surface area (Å²) in [4.78, 5) is 38.6. The molecule has 2 aliphatic heterocycles. The van der Waals surface area contributed by atoms with Crippen molar-refractivity contribution in [2.75, 3.05) is 13.1 Å². The molecular formula is C8H10N2O5. The molecule has 0 saturated carbocycles. The first-order valence-corrected chi connectivity index (χ1v) is 4.62. The number of rotatable bonds is 0. The summed E-state index contributed by atoms with van der Waals surface area (Å²) in [7, 11) is 0. The maximum Gasteiger partial charge on any atom is 0.333 e. The first-order chi connectivity index (χ1) is 7.16. The maximum atomic E-state index is 11.5. The van der Waals surface area contributed by atoms with Crippen LogP contribution in [0.3, 0.4) is 0 Å². The molecule has 2 aliphatic rings. The van der Waals surface area contributed by atoms with Crippen LogP contribution in [0.25, 0.3) is 0 Å². The summed E-state index contributed by atoms with van der Waals surface area (Å²) in [6.07, 6.45) is -1.18. The molecule has 1 amide bonds. The van der Waals surface area contributed by atoms with Gasteiger partial charge in [-0.1, -0.05) is 0 Å². The number of nitrogens with zero attached hydrogens (tertiary/aromatic N) is 1. The molecule has 0 aromatic carbocycles. The van der Waals surface area contributed by atoms with Crippen molar-refractivity contribution >= 4 is 17.8 Å². The number of nitrogens with one attached hydrogen (secondary N) is 1. The zero-order valence-electron chi connectivity index (χ0n) is 7.89. The highest BCUT2D eigenvalue weighted by atomic mass is 16.7. The van der Waals surface area contributed by atoms with E-state index in [0.29, 0.717) is 6.54 Å². The minimum atomic E-state index is -1.03. The molecule has 0 radical (unpaired) electrons. The van der Waals surface area contributed by atoms with E-state index in [1.54, 1.807) is 0 Å². The molecule has 1 unspecified atom stereocenters. The van der Waals surface area contributed by atoms with Crippen molar-refractivity contribution < 1.29 is 24.0 Å². The molecule has 1 N–H and O–H groups in total. The van der Waals surface area contributed by atoms with Crippen LogP contribution in [0.1, 0.15) is 12.8 Å². The Kier molecular flexibility index (Phi) is 2.55. The Morgan fingerprint density at radius 3 is 2.73 bits per heavy atom. The molecule has 0 aromatic heterocycles. The highest BCUT2D eigenvalue weighted by Crippen LogP contribution is 2.10. The summed E-state index contributed by atoms with van der Waals surface area (Å²) in [5.74, 6) is -1.73. The van der Waals surface area contributed by atoms with Crippen LogP contribution in [0, 0.1) is 0 Å². The number of piperazine rings is 1. The Hall–Kier alpha value is -1.63. The lowest BCUT2D eigenvalue weighted by atomic mass is 10.3. The quantitative estimate of drug-likeness (QED) is 0.496. The van der Waals surface area contributed by atoms with E-state index in [9.17, 15) is 14.4 Å². The van der Waals surface area contributed by atoms with Crippen molar-refractivity contribution in [3.05, 3.63) is 0 Å². The van der Waals surface area contributed by atoms with Gasteiger partial charge in [0.2, 0.25) is 6.23 Å². The fourth-order valence-corrected chi connectivity index (χ4v) is 1.37. The van der Waals surface area contributed by atoms with Gasteiger partial charge in [0.1, 0.15) is 0 Å². The SMILES string of the molecule is O=C1CCC(=O)ON2CCNC(O1)C2=O. The molecule has 15 heavy (non-hydrogen) atoms. The molecule has 82 valence electrons. The molecule has 2 fully saturated rings. The van der Waals surface area contributed by atoms with Crippen molar-refractivity contribution in [1.82, 2.24) is 10.4 Å². The first kappa shape index (κ1) is 9.91. The van der Waals surface area contributed by atoms with E-state index in [2.05, 4.69) is 5.32 Å². The number of hydrogen-bond acceptors (Lipinski definition) is 6. The number of carbonyl (C=O) groups is 3.